The molecule has 1 aliphatic carbocycles. The van der Waals surface area contributed by atoms with E-state index in [2.05, 4.69) is 13.8 Å². The number of carbonyl (C=O) groups excluding carboxylic acids is 1. The Morgan fingerprint density at radius 3 is 2.35 bits per heavy atom. The van der Waals surface area contributed by atoms with Crippen LogP contribution in [0.25, 0.3) is 0 Å². The summed E-state index contributed by atoms with van der Waals surface area (Å²) in [6, 6.07) is -0.0668. The quantitative estimate of drug-likeness (QED) is 0.862. The predicted molar refractivity (Wildman–Crippen MR) is 77.3 cm³/mol. The fourth-order valence-corrected chi connectivity index (χ4v) is 3.81. The summed E-state index contributed by atoms with van der Waals surface area (Å²) in [4.78, 5) is 25.3. The van der Waals surface area contributed by atoms with Crippen LogP contribution in [0.5, 0.6) is 0 Å². The molecule has 0 bridgehead atoms. The zero-order valence-electron chi connectivity index (χ0n) is 12.7. The number of nitrogens with zero attached hydrogens (tertiary/aromatic N) is 1. The van der Waals surface area contributed by atoms with E-state index in [0.717, 1.165) is 51.0 Å². The van der Waals surface area contributed by atoms with Crippen molar-refractivity contribution in [3.05, 3.63) is 0 Å². The van der Waals surface area contributed by atoms with Crippen molar-refractivity contribution >= 4 is 11.9 Å². The van der Waals surface area contributed by atoms with Gasteiger partial charge in [-0.15, -0.1) is 0 Å². The SMILES string of the molecule is CC(C)C1CCC(C(=O)N2CCCC2CC(=O)O)CC1. The highest BCUT2D eigenvalue weighted by Crippen LogP contribution is 2.35. The molecule has 0 radical (unpaired) electrons. The van der Waals surface area contributed by atoms with Gasteiger partial charge in [-0.25, -0.2) is 0 Å². The minimum absolute atomic E-state index is 0.0668. The molecular weight excluding hydrogens is 254 g/mol. The van der Waals surface area contributed by atoms with Crippen LogP contribution in [0, 0.1) is 17.8 Å². The van der Waals surface area contributed by atoms with Gasteiger partial charge >= 0.3 is 5.97 Å². The number of carboxylic acids is 1. The van der Waals surface area contributed by atoms with Crippen molar-refractivity contribution in [2.24, 2.45) is 17.8 Å². The standard InChI is InChI=1S/C16H27NO3/c1-11(2)12-5-7-13(8-6-12)16(20)17-9-3-4-14(17)10-15(18)19/h11-14H,3-10H2,1-2H3,(H,18,19). The number of amides is 1. The number of aliphatic carboxylic acids is 1. The third kappa shape index (κ3) is 3.53. The summed E-state index contributed by atoms with van der Waals surface area (Å²) >= 11 is 0. The minimum atomic E-state index is -0.793. The molecule has 1 aliphatic heterocycles. The molecule has 1 unspecified atom stereocenters. The largest absolute Gasteiger partial charge is 0.481 e. The topological polar surface area (TPSA) is 57.6 Å². The van der Waals surface area contributed by atoms with E-state index in [1.807, 2.05) is 4.90 Å². The maximum Gasteiger partial charge on any atom is 0.305 e. The van der Waals surface area contributed by atoms with Gasteiger partial charge < -0.3 is 10.0 Å². The third-order valence-electron chi connectivity index (χ3n) is 5.13. The van der Waals surface area contributed by atoms with E-state index in [-0.39, 0.29) is 24.3 Å². The minimum Gasteiger partial charge on any atom is -0.481 e. The fraction of sp³-hybridized carbons (Fsp3) is 0.875. The van der Waals surface area contributed by atoms with E-state index in [1.165, 1.54) is 0 Å². The highest BCUT2D eigenvalue weighted by molar-refractivity contribution is 5.80. The molecule has 1 atom stereocenters. The fourth-order valence-electron chi connectivity index (χ4n) is 3.81. The average Bonchev–Trinajstić information content (AvgIpc) is 2.85. The summed E-state index contributed by atoms with van der Waals surface area (Å²) < 4.78 is 0. The monoisotopic (exact) mass is 281 g/mol. The molecule has 114 valence electrons. The zero-order chi connectivity index (χ0) is 14.7. The molecule has 1 heterocycles. The Bertz CT molecular complexity index is 359. The van der Waals surface area contributed by atoms with Crippen LogP contribution in [0.15, 0.2) is 0 Å². The van der Waals surface area contributed by atoms with Crippen molar-refractivity contribution in [1.29, 1.82) is 0 Å². The molecule has 1 saturated heterocycles. The average molecular weight is 281 g/mol. The van der Waals surface area contributed by atoms with Crippen LogP contribution in [0.1, 0.15) is 58.8 Å². The van der Waals surface area contributed by atoms with Crippen molar-refractivity contribution in [3.8, 4) is 0 Å². The summed E-state index contributed by atoms with van der Waals surface area (Å²) in [5, 5.41) is 8.94. The van der Waals surface area contributed by atoms with E-state index >= 15 is 0 Å². The van der Waals surface area contributed by atoms with Crippen LogP contribution >= 0.6 is 0 Å². The number of carbonyl (C=O) groups is 2. The summed E-state index contributed by atoms with van der Waals surface area (Å²) in [7, 11) is 0. The Labute approximate surface area is 121 Å². The summed E-state index contributed by atoms with van der Waals surface area (Å²) in [5.74, 6) is 1.03. The first-order chi connectivity index (χ1) is 9.49. The smallest absolute Gasteiger partial charge is 0.305 e. The van der Waals surface area contributed by atoms with Crippen LogP contribution < -0.4 is 0 Å². The highest BCUT2D eigenvalue weighted by atomic mass is 16.4. The first kappa shape index (κ1) is 15.3. The molecule has 0 aromatic rings. The number of hydrogen-bond donors (Lipinski definition) is 1. The maximum absolute atomic E-state index is 12.6. The lowest BCUT2D eigenvalue weighted by Crippen LogP contribution is -2.41. The summed E-state index contributed by atoms with van der Waals surface area (Å²) in [6.07, 6.45) is 6.16. The molecule has 2 aliphatic rings. The molecular formula is C16H27NO3. The first-order valence-electron chi connectivity index (χ1n) is 8.01. The van der Waals surface area contributed by atoms with Gasteiger partial charge in [0.1, 0.15) is 0 Å². The summed E-state index contributed by atoms with van der Waals surface area (Å²) in [5.41, 5.74) is 0. The van der Waals surface area contributed by atoms with Gasteiger partial charge in [0.2, 0.25) is 5.91 Å². The Balaban J connectivity index is 1.89. The molecule has 0 spiro atoms. The molecule has 0 aromatic carbocycles. The molecule has 1 saturated carbocycles. The van der Waals surface area contributed by atoms with Crippen LogP contribution in [-0.4, -0.2) is 34.5 Å². The predicted octanol–water partition coefficient (Wildman–Crippen LogP) is 2.91. The van der Waals surface area contributed by atoms with Gasteiger partial charge in [0.05, 0.1) is 6.42 Å². The van der Waals surface area contributed by atoms with Gasteiger partial charge in [-0.3, -0.25) is 9.59 Å². The zero-order valence-corrected chi connectivity index (χ0v) is 12.7. The van der Waals surface area contributed by atoms with Gasteiger partial charge in [-0.1, -0.05) is 13.8 Å². The van der Waals surface area contributed by atoms with Crippen LogP contribution in [0.4, 0.5) is 0 Å². The Morgan fingerprint density at radius 2 is 1.80 bits per heavy atom. The van der Waals surface area contributed by atoms with Crippen molar-refractivity contribution in [3.63, 3.8) is 0 Å². The second kappa shape index (κ2) is 6.59. The lowest BCUT2D eigenvalue weighted by atomic mass is 9.76. The van der Waals surface area contributed by atoms with E-state index in [1.54, 1.807) is 0 Å². The lowest BCUT2D eigenvalue weighted by Gasteiger charge is -2.34. The number of rotatable bonds is 4. The van der Waals surface area contributed by atoms with Crippen LogP contribution in [-0.2, 0) is 9.59 Å². The van der Waals surface area contributed by atoms with Crippen molar-refractivity contribution in [2.75, 3.05) is 6.54 Å². The van der Waals surface area contributed by atoms with Crippen LogP contribution in [0.3, 0.4) is 0 Å². The molecule has 2 fully saturated rings. The molecule has 4 heteroatoms. The summed E-state index contributed by atoms with van der Waals surface area (Å²) in [6.45, 7) is 5.27. The van der Waals surface area contributed by atoms with Gasteiger partial charge in [0, 0.05) is 18.5 Å². The molecule has 2 rings (SSSR count). The van der Waals surface area contributed by atoms with Crippen molar-refractivity contribution in [1.82, 2.24) is 4.90 Å². The third-order valence-corrected chi connectivity index (χ3v) is 5.13. The van der Waals surface area contributed by atoms with E-state index in [9.17, 15) is 9.59 Å². The molecule has 1 N–H and O–H groups in total. The second-order valence-corrected chi connectivity index (χ2v) is 6.78. The molecule has 1 amide bonds. The van der Waals surface area contributed by atoms with E-state index in [4.69, 9.17) is 5.11 Å². The molecule has 20 heavy (non-hydrogen) atoms. The highest BCUT2D eigenvalue weighted by Gasteiger charge is 2.36. The normalized spacial score (nSPS) is 30.8. The van der Waals surface area contributed by atoms with Gasteiger partial charge in [-0.2, -0.15) is 0 Å². The van der Waals surface area contributed by atoms with Gasteiger partial charge in [0.25, 0.3) is 0 Å². The van der Waals surface area contributed by atoms with E-state index < -0.39 is 5.97 Å². The number of likely N-dealkylation sites (tertiary alicyclic amines) is 1. The Morgan fingerprint density at radius 1 is 1.15 bits per heavy atom. The van der Waals surface area contributed by atoms with E-state index in [0.29, 0.717) is 5.92 Å². The lowest BCUT2D eigenvalue weighted by molar-refractivity contribution is -0.142. The number of carboxylic acid groups (broad SMARTS) is 1. The second-order valence-electron chi connectivity index (χ2n) is 6.78. The van der Waals surface area contributed by atoms with Gasteiger partial charge in [0.15, 0.2) is 0 Å². The number of hydrogen-bond acceptors (Lipinski definition) is 2. The first-order valence-corrected chi connectivity index (χ1v) is 8.01. The molecule has 4 nitrogen and oxygen atoms in total. The van der Waals surface area contributed by atoms with Crippen molar-refractivity contribution in [2.45, 2.75) is 64.8 Å². The van der Waals surface area contributed by atoms with Crippen LogP contribution in [0.2, 0.25) is 0 Å². The Hall–Kier alpha value is -1.06. The molecule has 0 aromatic heterocycles. The maximum atomic E-state index is 12.6. The van der Waals surface area contributed by atoms with Crippen molar-refractivity contribution < 1.29 is 14.7 Å². The van der Waals surface area contributed by atoms with Gasteiger partial charge in [-0.05, 0) is 50.4 Å². The Kier molecular flexibility index (Phi) is 5.06.